The maximum Gasteiger partial charge on any atom is 0.273 e. The quantitative estimate of drug-likeness (QED) is 0.729. The number of nitrogens with one attached hydrogen (secondary N) is 1. The topological polar surface area (TPSA) is 67.2 Å². The molecule has 1 aromatic heterocycles. The number of hydrogen-bond donors (Lipinski definition) is 2. The first kappa shape index (κ1) is 13.9. The predicted octanol–water partition coefficient (Wildman–Crippen LogP) is 3.54. The van der Waals surface area contributed by atoms with E-state index in [9.17, 15) is 9.90 Å². The lowest BCUT2D eigenvalue weighted by Crippen LogP contribution is -2.22. The van der Waals surface area contributed by atoms with Crippen molar-refractivity contribution in [2.24, 2.45) is 0 Å². The van der Waals surface area contributed by atoms with Gasteiger partial charge in [0.2, 0.25) is 0 Å². The minimum atomic E-state index is -0.487. The van der Waals surface area contributed by atoms with Gasteiger partial charge in [-0.05, 0) is 40.2 Å². The van der Waals surface area contributed by atoms with E-state index in [1.807, 2.05) is 24.3 Å². The molecule has 1 heterocycles. The number of para-hydroxylation sites is 2. The molecule has 0 radical (unpaired) electrons. The minimum absolute atomic E-state index is 0.0761. The first-order chi connectivity index (χ1) is 10.1. The number of amides is 1. The van der Waals surface area contributed by atoms with Crippen LogP contribution in [0.3, 0.4) is 0 Å². The van der Waals surface area contributed by atoms with Gasteiger partial charge in [0, 0.05) is 5.02 Å². The van der Waals surface area contributed by atoms with Crippen molar-refractivity contribution in [3.05, 3.63) is 57.8 Å². The van der Waals surface area contributed by atoms with Gasteiger partial charge in [0.15, 0.2) is 0 Å². The number of aromatic hydroxyl groups is 1. The number of carbonyl (C=O) groups excluding carboxylic acids is 1. The van der Waals surface area contributed by atoms with Crippen LogP contribution in [0.2, 0.25) is 5.02 Å². The van der Waals surface area contributed by atoms with E-state index in [0.29, 0.717) is 9.50 Å². The Labute approximate surface area is 133 Å². The second-order valence-electron chi connectivity index (χ2n) is 4.33. The number of phenols is 1. The Morgan fingerprint density at radius 3 is 2.90 bits per heavy atom. The van der Waals surface area contributed by atoms with Crippen molar-refractivity contribution in [2.45, 2.75) is 0 Å². The number of hydrogen-bond acceptors (Lipinski definition) is 3. The molecule has 3 aromatic rings. The predicted molar refractivity (Wildman–Crippen MR) is 84.2 cm³/mol. The molecule has 21 heavy (non-hydrogen) atoms. The Kier molecular flexibility index (Phi) is 3.57. The summed E-state index contributed by atoms with van der Waals surface area (Å²) in [5, 5.41) is 10.3. The van der Waals surface area contributed by atoms with Crippen LogP contribution in [0.5, 0.6) is 5.75 Å². The van der Waals surface area contributed by atoms with Crippen LogP contribution < -0.4 is 5.43 Å². The summed E-state index contributed by atoms with van der Waals surface area (Å²) in [6.45, 7) is 0. The van der Waals surface area contributed by atoms with Gasteiger partial charge in [0.25, 0.3) is 5.91 Å². The Morgan fingerprint density at radius 1 is 1.33 bits per heavy atom. The molecule has 0 fully saturated rings. The number of carbonyl (C=O) groups is 1. The third-order valence-corrected chi connectivity index (χ3v) is 3.77. The number of imidazole rings is 1. The zero-order valence-corrected chi connectivity index (χ0v) is 12.9. The number of nitrogens with zero attached hydrogens (tertiary/aromatic N) is 2. The highest BCUT2D eigenvalue weighted by Gasteiger charge is 2.16. The van der Waals surface area contributed by atoms with Crippen molar-refractivity contribution in [2.75, 3.05) is 5.43 Å². The van der Waals surface area contributed by atoms with Crippen LogP contribution in [-0.4, -0.2) is 20.7 Å². The highest BCUT2D eigenvalue weighted by molar-refractivity contribution is 9.10. The molecule has 2 N–H and O–H groups in total. The summed E-state index contributed by atoms with van der Waals surface area (Å²) in [6, 6.07) is 10.3. The smallest absolute Gasteiger partial charge is 0.273 e. The van der Waals surface area contributed by atoms with Gasteiger partial charge in [0.05, 0.1) is 21.1 Å². The first-order valence-corrected chi connectivity index (χ1v) is 7.15. The van der Waals surface area contributed by atoms with Crippen molar-refractivity contribution in [1.29, 1.82) is 0 Å². The summed E-state index contributed by atoms with van der Waals surface area (Å²) in [5.41, 5.74) is 4.24. The third kappa shape index (κ3) is 2.59. The molecule has 0 unspecified atom stereocenters. The largest absolute Gasteiger partial charge is 0.506 e. The SMILES string of the molecule is O=C(Nn1cnc2ccccc21)c1cc(Cl)cc(Br)c1O. The lowest BCUT2D eigenvalue weighted by Gasteiger charge is -2.09. The van der Waals surface area contributed by atoms with Crippen molar-refractivity contribution >= 4 is 44.5 Å². The fourth-order valence-electron chi connectivity index (χ4n) is 1.96. The zero-order valence-electron chi connectivity index (χ0n) is 10.5. The lowest BCUT2D eigenvalue weighted by atomic mass is 10.2. The van der Waals surface area contributed by atoms with E-state index in [0.717, 1.165) is 11.0 Å². The molecule has 0 bridgehead atoms. The average molecular weight is 367 g/mol. The Morgan fingerprint density at radius 2 is 2.10 bits per heavy atom. The molecule has 5 nitrogen and oxygen atoms in total. The second kappa shape index (κ2) is 5.38. The van der Waals surface area contributed by atoms with E-state index in [-0.39, 0.29) is 11.3 Å². The van der Waals surface area contributed by atoms with Crippen LogP contribution in [0, 0.1) is 0 Å². The molecule has 0 aliphatic carbocycles. The van der Waals surface area contributed by atoms with Crippen molar-refractivity contribution < 1.29 is 9.90 Å². The zero-order chi connectivity index (χ0) is 15.0. The monoisotopic (exact) mass is 365 g/mol. The van der Waals surface area contributed by atoms with Gasteiger partial charge in [-0.1, -0.05) is 23.7 Å². The molecule has 0 aliphatic rings. The summed E-state index contributed by atoms with van der Waals surface area (Å²) < 4.78 is 1.85. The van der Waals surface area contributed by atoms with Gasteiger partial charge in [-0.2, -0.15) is 0 Å². The highest BCUT2D eigenvalue weighted by atomic mass is 79.9. The third-order valence-electron chi connectivity index (χ3n) is 2.95. The second-order valence-corrected chi connectivity index (χ2v) is 5.62. The molecule has 0 saturated carbocycles. The van der Waals surface area contributed by atoms with Gasteiger partial charge in [0.1, 0.15) is 12.1 Å². The molecule has 3 rings (SSSR count). The molecule has 0 saturated heterocycles. The van der Waals surface area contributed by atoms with Crippen LogP contribution in [0.25, 0.3) is 11.0 Å². The van der Waals surface area contributed by atoms with Gasteiger partial charge < -0.3 is 5.11 Å². The van der Waals surface area contributed by atoms with E-state index in [4.69, 9.17) is 11.6 Å². The molecule has 0 atom stereocenters. The first-order valence-electron chi connectivity index (χ1n) is 5.97. The summed E-state index contributed by atoms with van der Waals surface area (Å²) in [6.07, 6.45) is 1.50. The van der Waals surface area contributed by atoms with E-state index in [2.05, 4.69) is 26.3 Å². The van der Waals surface area contributed by atoms with Crippen LogP contribution in [-0.2, 0) is 0 Å². The molecule has 0 aliphatic heterocycles. The molecule has 106 valence electrons. The number of halogens is 2. The number of aromatic nitrogens is 2. The molecule has 1 amide bonds. The maximum absolute atomic E-state index is 12.3. The Hall–Kier alpha value is -2.05. The fourth-order valence-corrected chi connectivity index (χ4v) is 2.77. The fraction of sp³-hybridized carbons (Fsp3) is 0. The van der Waals surface area contributed by atoms with Gasteiger partial charge in [-0.3, -0.25) is 10.2 Å². The summed E-state index contributed by atoms with van der Waals surface area (Å²) >= 11 is 9.05. The summed E-state index contributed by atoms with van der Waals surface area (Å²) in [4.78, 5) is 16.5. The standard InChI is InChI=1S/C14H9BrClN3O2/c15-10-6-8(16)5-9(13(10)20)14(21)18-19-7-17-11-3-1-2-4-12(11)19/h1-7,20H,(H,18,21). The van der Waals surface area contributed by atoms with Crippen molar-refractivity contribution in [1.82, 2.24) is 9.66 Å². The van der Waals surface area contributed by atoms with E-state index >= 15 is 0 Å². The molecule has 7 heteroatoms. The van der Waals surface area contributed by atoms with Gasteiger partial charge in [-0.25, -0.2) is 9.66 Å². The number of phenolic OH excluding ortho intramolecular Hbond substituents is 1. The number of rotatable bonds is 2. The van der Waals surface area contributed by atoms with E-state index < -0.39 is 5.91 Å². The number of fused-ring (bicyclic) bond motifs is 1. The van der Waals surface area contributed by atoms with Crippen LogP contribution >= 0.6 is 27.5 Å². The van der Waals surface area contributed by atoms with Gasteiger partial charge in [-0.15, -0.1) is 0 Å². The lowest BCUT2D eigenvalue weighted by molar-refractivity contribution is 0.101. The summed E-state index contributed by atoms with van der Waals surface area (Å²) in [5.74, 6) is -0.653. The van der Waals surface area contributed by atoms with Crippen LogP contribution in [0.4, 0.5) is 0 Å². The van der Waals surface area contributed by atoms with Gasteiger partial charge >= 0.3 is 0 Å². The van der Waals surface area contributed by atoms with E-state index in [1.165, 1.54) is 23.1 Å². The normalized spacial score (nSPS) is 10.8. The molecule has 0 spiro atoms. The summed E-state index contributed by atoms with van der Waals surface area (Å²) in [7, 11) is 0. The van der Waals surface area contributed by atoms with Crippen LogP contribution in [0.15, 0.2) is 47.2 Å². The Bertz CT molecular complexity index is 847. The highest BCUT2D eigenvalue weighted by Crippen LogP contribution is 2.31. The molecular formula is C14H9BrClN3O2. The molecular weight excluding hydrogens is 358 g/mol. The maximum atomic E-state index is 12.3. The van der Waals surface area contributed by atoms with Crippen LogP contribution in [0.1, 0.15) is 10.4 Å². The number of benzene rings is 2. The Balaban J connectivity index is 1.97. The molecule has 2 aromatic carbocycles. The van der Waals surface area contributed by atoms with E-state index in [1.54, 1.807) is 0 Å². The average Bonchev–Trinajstić information content (AvgIpc) is 2.86. The van der Waals surface area contributed by atoms with Crippen molar-refractivity contribution in [3.63, 3.8) is 0 Å². The minimum Gasteiger partial charge on any atom is -0.506 e. The van der Waals surface area contributed by atoms with Crippen molar-refractivity contribution in [3.8, 4) is 5.75 Å².